The third-order valence-corrected chi connectivity index (χ3v) is 1.84. The number of nitro benzene ring substituents is 1. The van der Waals surface area contributed by atoms with Gasteiger partial charge in [0.2, 0.25) is 0 Å². The zero-order valence-electron chi connectivity index (χ0n) is 7.96. The Bertz CT molecular complexity index is 459. The molecule has 0 heterocycles. The van der Waals surface area contributed by atoms with Crippen molar-refractivity contribution in [2.75, 3.05) is 0 Å². The topological polar surface area (TPSA) is 43.1 Å². The largest absolute Gasteiger partial charge is 0.422 e. The lowest BCUT2D eigenvalue weighted by Gasteiger charge is -2.10. The van der Waals surface area contributed by atoms with Gasteiger partial charge in [-0.25, -0.2) is 0 Å². The summed E-state index contributed by atoms with van der Waals surface area (Å²) in [5.74, 6) is 0. The minimum absolute atomic E-state index is 0.477. The van der Waals surface area contributed by atoms with Crippen LogP contribution >= 0.6 is 0 Å². The number of alkyl halides is 3. The van der Waals surface area contributed by atoms with Crippen LogP contribution in [0.2, 0.25) is 0 Å². The molecule has 17 heavy (non-hydrogen) atoms. The van der Waals surface area contributed by atoms with Gasteiger partial charge in [-0.05, 0) is 17.7 Å². The fraction of sp³-hybridized carbons (Fsp3) is 0.111. The van der Waals surface area contributed by atoms with Crippen molar-refractivity contribution in [1.29, 1.82) is 0 Å². The van der Waals surface area contributed by atoms with Crippen LogP contribution < -0.4 is 0 Å². The summed E-state index contributed by atoms with van der Waals surface area (Å²) in [6, 6.07) is 2.70. The third kappa shape index (κ3) is 2.99. The van der Waals surface area contributed by atoms with E-state index in [9.17, 15) is 32.1 Å². The highest BCUT2D eigenvalue weighted by molar-refractivity contribution is 5.70. The van der Waals surface area contributed by atoms with Gasteiger partial charge in [-0.3, -0.25) is 10.1 Å². The standard InChI is InChI=1S/C9H4F5NO2/c10-8(11)7(9(12,13)14)5-1-3-6(4-2-5)15(16)17/h1-4H. The van der Waals surface area contributed by atoms with Gasteiger partial charge < -0.3 is 0 Å². The number of halogens is 5. The number of nitro groups is 1. The van der Waals surface area contributed by atoms with Crippen molar-refractivity contribution in [3.05, 3.63) is 46.0 Å². The van der Waals surface area contributed by atoms with Crippen molar-refractivity contribution in [2.24, 2.45) is 0 Å². The molecule has 3 nitrogen and oxygen atoms in total. The monoisotopic (exact) mass is 253 g/mol. The Morgan fingerprint density at radius 1 is 1.12 bits per heavy atom. The molecule has 0 bridgehead atoms. The van der Waals surface area contributed by atoms with Crippen molar-refractivity contribution < 1.29 is 26.9 Å². The summed E-state index contributed by atoms with van der Waals surface area (Å²) in [7, 11) is 0. The maximum Gasteiger partial charge on any atom is 0.422 e. The number of hydrogen-bond acceptors (Lipinski definition) is 2. The molecule has 0 saturated carbocycles. The van der Waals surface area contributed by atoms with E-state index in [1.807, 2.05) is 0 Å². The van der Waals surface area contributed by atoms with E-state index in [2.05, 4.69) is 0 Å². The molecule has 0 spiro atoms. The van der Waals surface area contributed by atoms with E-state index >= 15 is 0 Å². The molecule has 1 rings (SSSR count). The molecule has 1 aromatic carbocycles. The van der Waals surface area contributed by atoms with Crippen molar-refractivity contribution in [3.8, 4) is 0 Å². The minimum atomic E-state index is -5.21. The van der Waals surface area contributed by atoms with Gasteiger partial charge in [-0.15, -0.1) is 0 Å². The normalized spacial score (nSPS) is 11.1. The second kappa shape index (κ2) is 4.48. The smallest absolute Gasteiger partial charge is 0.258 e. The van der Waals surface area contributed by atoms with Gasteiger partial charge in [-0.2, -0.15) is 22.0 Å². The number of rotatable bonds is 2. The van der Waals surface area contributed by atoms with Crippen LogP contribution in [-0.2, 0) is 0 Å². The zero-order chi connectivity index (χ0) is 13.2. The molecule has 8 heteroatoms. The predicted octanol–water partition coefficient (Wildman–Crippen LogP) is 3.76. The van der Waals surface area contributed by atoms with Gasteiger partial charge >= 0.3 is 6.18 Å². The lowest BCUT2D eigenvalue weighted by molar-refractivity contribution is -0.384. The molecule has 0 aliphatic heterocycles. The summed E-state index contributed by atoms with van der Waals surface area (Å²) in [4.78, 5) is 9.40. The Balaban J connectivity index is 3.24. The molecule has 0 radical (unpaired) electrons. The van der Waals surface area contributed by atoms with Crippen molar-refractivity contribution in [2.45, 2.75) is 6.18 Å². The van der Waals surface area contributed by atoms with Gasteiger partial charge in [-0.1, -0.05) is 0 Å². The molecule has 92 valence electrons. The van der Waals surface area contributed by atoms with Crippen molar-refractivity contribution in [3.63, 3.8) is 0 Å². The van der Waals surface area contributed by atoms with E-state index in [0.717, 1.165) is 12.1 Å². The maximum atomic E-state index is 12.2. The van der Waals surface area contributed by atoms with E-state index in [4.69, 9.17) is 0 Å². The SMILES string of the molecule is O=[N+]([O-])c1ccc(C(=C(F)F)C(F)(F)F)cc1. The van der Waals surface area contributed by atoms with E-state index < -0.39 is 34.0 Å². The van der Waals surface area contributed by atoms with E-state index in [1.54, 1.807) is 0 Å². The summed E-state index contributed by atoms with van der Waals surface area (Å²) >= 11 is 0. The first kappa shape index (κ1) is 13.1. The molecule has 0 fully saturated rings. The van der Waals surface area contributed by atoms with Crippen LogP contribution in [-0.4, -0.2) is 11.1 Å². The van der Waals surface area contributed by atoms with Crippen LogP contribution in [0.5, 0.6) is 0 Å². The second-order valence-electron chi connectivity index (χ2n) is 2.94. The maximum absolute atomic E-state index is 12.2. The average Bonchev–Trinajstić information content (AvgIpc) is 2.15. The highest BCUT2D eigenvalue weighted by atomic mass is 19.4. The molecule has 0 N–H and O–H groups in total. The van der Waals surface area contributed by atoms with E-state index in [-0.39, 0.29) is 0 Å². The van der Waals surface area contributed by atoms with Crippen LogP contribution in [0.3, 0.4) is 0 Å². The fourth-order valence-electron chi connectivity index (χ4n) is 1.13. The van der Waals surface area contributed by atoms with E-state index in [1.165, 1.54) is 0 Å². The van der Waals surface area contributed by atoms with Crippen molar-refractivity contribution >= 4 is 11.3 Å². The second-order valence-corrected chi connectivity index (χ2v) is 2.94. The molecular weight excluding hydrogens is 249 g/mol. The Kier molecular flexibility index (Phi) is 3.45. The Morgan fingerprint density at radius 2 is 1.59 bits per heavy atom. The minimum Gasteiger partial charge on any atom is -0.258 e. The molecule has 0 aliphatic rings. The highest BCUT2D eigenvalue weighted by Gasteiger charge is 2.38. The molecule has 0 aliphatic carbocycles. The third-order valence-electron chi connectivity index (χ3n) is 1.84. The quantitative estimate of drug-likeness (QED) is 0.457. The molecular formula is C9H4F5NO2. The van der Waals surface area contributed by atoms with Crippen LogP contribution in [0.1, 0.15) is 5.56 Å². The van der Waals surface area contributed by atoms with Crippen LogP contribution in [0.25, 0.3) is 5.57 Å². The van der Waals surface area contributed by atoms with E-state index in [0.29, 0.717) is 12.1 Å². The summed E-state index contributed by atoms with van der Waals surface area (Å²) in [6.07, 6.45) is -8.10. The summed E-state index contributed by atoms with van der Waals surface area (Å²) in [5, 5.41) is 10.2. The molecule has 0 amide bonds. The van der Waals surface area contributed by atoms with Crippen molar-refractivity contribution in [1.82, 2.24) is 0 Å². The summed E-state index contributed by atoms with van der Waals surface area (Å²) in [6.45, 7) is 0. The predicted molar refractivity (Wildman–Crippen MR) is 48.3 cm³/mol. The van der Waals surface area contributed by atoms with Gasteiger partial charge in [0.05, 0.1) is 4.92 Å². The first-order valence-corrected chi connectivity index (χ1v) is 4.11. The van der Waals surface area contributed by atoms with Crippen LogP contribution in [0, 0.1) is 10.1 Å². The van der Waals surface area contributed by atoms with Gasteiger partial charge in [0, 0.05) is 12.1 Å². The number of nitrogens with zero attached hydrogens (tertiary/aromatic N) is 1. The lowest BCUT2D eigenvalue weighted by atomic mass is 10.1. The summed E-state index contributed by atoms with van der Waals surface area (Å²) < 4.78 is 61.1. The number of allylic oxidation sites excluding steroid dienone is 1. The highest BCUT2D eigenvalue weighted by Crippen LogP contribution is 2.37. The lowest BCUT2D eigenvalue weighted by Crippen LogP contribution is -2.11. The van der Waals surface area contributed by atoms with Gasteiger partial charge in [0.1, 0.15) is 5.57 Å². The fourth-order valence-corrected chi connectivity index (χ4v) is 1.13. The molecule has 0 aromatic heterocycles. The molecule has 0 unspecified atom stereocenters. The number of benzene rings is 1. The molecule has 0 atom stereocenters. The summed E-state index contributed by atoms with van der Waals surface area (Å²) in [5.41, 5.74) is -3.38. The number of hydrogen-bond donors (Lipinski definition) is 0. The Hall–Kier alpha value is -1.99. The van der Waals surface area contributed by atoms with Gasteiger partial charge in [0.15, 0.2) is 0 Å². The van der Waals surface area contributed by atoms with Crippen LogP contribution in [0.15, 0.2) is 30.3 Å². The van der Waals surface area contributed by atoms with Crippen LogP contribution in [0.4, 0.5) is 27.6 Å². The Labute approximate surface area is 91.3 Å². The molecule has 0 saturated heterocycles. The molecule has 1 aromatic rings. The Morgan fingerprint density at radius 3 is 1.88 bits per heavy atom. The first-order valence-electron chi connectivity index (χ1n) is 4.11. The average molecular weight is 253 g/mol. The number of non-ortho nitro benzene ring substituents is 1. The first-order chi connectivity index (χ1) is 7.73. The van der Waals surface area contributed by atoms with Gasteiger partial charge in [0.25, 0.3) is 11.8 Å². The zero-order valence-corrected chi connectivity index (χ0v) is 7.96.